The summed E-state index contributed by atoms with van der Waals surface area (Å²) in [5.41, 5.74) is 1.32. The van der Waals surface area contributed by atoms with Crippen LogP contribution in [0.25, 0.3) is 0 Å². The van der Waals surface area contributed by atoms with E-state index < -0.39 is 23.9 Å². The molecule has 0 radical (unpaired) electrons. The summed E-state index contributed by atoms with van der Waals surface area (Å²) in [6, 6.07) is 19.0. The molecule has 0 unspecified atom stereocenters. The average Bonchev–Trinajstić information content (AvgIpc) is 2.93. The first-order chi connectivity index (χ1) is 19.2. The van der Waals surface area contributed by atoms with E-state index in [1.54, 1.807) is 0 Å². The quantitative estimate of drug-likeness (QED) is 0.200. The number of carbonyl (C=O) groups excluding carboxylic acids is 3. The monoisotopic (exact) mass is 556 g/mol. The van der Waals surface area contributed by atoms with Crippen LogP contribution in [-0.2, 0) is 27.4 Å². The van der Waals surface area contributed by atoms with Crippen molar-refractivity contribution in [2.24, 2.45) is 0 Å². The topological polar surface area (TPSA) is 118 Å². The standard InChI is InChI=1S/C30H44N4O6/c1-30(2,3)40-29(37)33-19-12-22-34(20-10-17-31-27(35)38-23-25-13-6-4-7-14-25)21-11-18-32-28(36)39-24-26-15-8-5-9-16-26/h4-9,13-16H,10-12,17-24H2,1-3H3,(H,31,35)(H,32,36)(H,33,37). The zero-order chi connectivity index (χ0) is 29.1. The van der Waals surface area contributed by atoms with E-state index >= 15 is 0 Å². The number of nitrogens with one attached hydrogen (secondary N) is 3. The second-order valence-corrected chi connectivity index (χ2v) is 10.3. The van der Waals surface area contributed by atoms with Gasteiger partial charge in [0.15, 0.2) is 0 Å². The van der Waals surface area contributed by atoms with E-state index in [1.807, 2.05) is 81.4 Å². The number of carbonyl (C=O) groups is 3. The molecule has 0 saturated carbocycles. The van der Waals surface area contributed by atoms with E-state index in [1.165, 1.54) is 0 Å². The van der Waals surface area contributed by atoms with Gasteiger partial charge in [0.2, 0.25) is 0 Å². The summed E-state index contributed by atoms with van der Waals surface area (Å²) in [5.74, 6) is 0. The van der Waals surface area contributed by atoms with E-state index in [9.17, 15) is 14.4 Å². The first-order valence-electron chi connectivity index (χ1n) is 13.8. The van der Waals surface area contributed by atoms with Crippen LogP contribution in [0, 0.1) is 0 Å². The van der Waals surface area contributed by atoms with Crippen LogP contribution in [0.5, 0.6) is 0 Å². The zero-order valence-corrected chi connectivity index (χ0v) is 23.9. The van der Waals surface area contributed by atoms with Crippen molar-refractivity contribution in [2.45, 2.75) is 58.8 Å². The van der Waals surface area contributed by atoms with Gasteiger partial charge in [-0.25, -0.2) is 14.4 Å². The van der Waals surface area contributed by atoms with E-state index in [0.29, 0.717) is 19.6 Å². The van der Waals surface area contributed by atoms with Crippen LogP contribution in [-0.4, -0.2) is 68.0 Å². The predicted octanol–water partition coefficient (Wildman–Crippen LogP) is 4.84. The van der Waals surface area contributed by atoms with Gasteiger partial charge in [-0.3, -0.25) is 0 Å². The number of rotatable bonds is 16. The molecular formula is C30H44N4O6. The summed E-state index contributed by atoms with van der Waals surface area (Å²) >= 11 is 0. The Morgan fingerprint density at radius 2 is 1.00 bits per heavy atom. The molecule has 0 atom stereocenters. The van der Waals surface area contributed by atoms with E-state index in [2.05, 4.69) is 20.9 Å². The molecule has 2 aromatic carbocycles. The summed E-state index contributed by atoms with van der Waals surface area (Å²) in [4.78, 5) is 38.1. The minimum atomic E-state index is -0.541. The molecule has 10 heteroatoms. The van der Waals surface area contributed by atoms with Crippen LogP contribution in [0.4, 0.5) is 14.4 Å². The van der Waals surface area contributed by atoms with Crippen molar-refractivity contribution in [1.82, 2.24) is 20.9 Å². The molecule has 0 fully saturated rings. The molecule has 0 bridgehead atoms. The van der Waals surface area contributed by atoms with Crippen molar-refractivity contribution in [3.05, 3.63) is 71.8 Å². The van der Waals surface area contributed by atoms with Crippen molar-refractivity contribution in [2.75, 3.05) is 39.3 Å². The van der Waals surface area contributed by atoms with Crippen LogP contribution in [0.15, 0.2) is 60.7 Å². The molecule has 3 N–H and O–H groups in total. The third-order valence-corrected chi connectivity index (χ3v) is 5.59. The average molecular weight is 557 g/mol. The van der Waals surface area contributed by atoms with Crippen LogP contribution in [0.3, 0.4) is 0 Å². The first kappa shape index (κ1) is 32.4. The highest BCUT2D eigenvalue weighted by molar-refractivity contribution is 5.68. The molecule has 2 rings (SSSR count). The summed E-state index contributed by atoms with van der Waals surface area (Å²) in [7, 11) is 0. The SMILES string of the molecule is CC(C)(C)OC(=O)NCCCN(CCCNC(=O)OCc1ccccc1)CCCNC(=O)OCc1ccccc1. The molecule has 0 spiro atoms. The number of nitrogens with zero attached hydrogens (tertiary/aromatic N) is 1. The lowest BCUT2D eigenvalue weighted by Crippen LogP contribution is -2.36. The molecule has 0 saturated heterocycles. The Morgan fingerprint density at radius 1 is 0.625 bits per heavy atom. The van der Waals surface area contributed by atoms with Gasteiger partial charge < -0.3 is 35.1 Å². The molecule has 220 valence electrons. The summed E-state index contributed by atoms with van der Waals surface area (Å²) < 4.78 is 15.8. The number of amides is 3. The molecule has 0 aliphatic heterocycles. The lowest BCUT2D eigenvalue weighted by atomic mass is 10.2. The maximum Gasteiger partial charge on any atom is 0.407 e. The predicted molar refractivity (Wildman–Crippen MR) is 154 cm³/mol. The molecule has 3 amide bonds. The molecule has 0 aliphatic rings. The highest BCUT2D eigenvalue weighted by atomic mass is 16.6. The van der Waals surface area contributed by atoms with Crippen molar-refractivity contribution in [1.29, 1.82) is 0 Å². The lowest BCUT2D eigenvalue weighted by molar-refractivity contribution is 0.0525. The van der Waals surface area contributed by atoms with Gasteiger partial charge in [-0.1, -0.05) is 60.7 Å². The van der Waals surface area contributed by atoms with Crippen LogP contribution >= 0.6 is 0 Å². The van der Waals surface area contributed by atoms with Crippen molar-refractivity contribution in [3.8, 4) is 0 Å². The largest absolute Gasteiger partial charge is 0.445 e. The highest BCUT2D eigenvalue weighted by Gasteiger charge is 2.15. The summed E-state index contributed by atoms with van der Waals surface area (Å²) in [6.07, 6.45) is 0.859. The van der Waals surface area contributed by atoms with Gasteiger partial charge in [0.25, 0.3) is 0 Å². The second-order valence-electron chi connectivity index (χ2n) is 10.3. The number of hydrogen-bond acceptors (Lipinski definition) is 7. The smallest absolute Gasteiger partial charge is 0.407 e. The Hall–Kier alpha value is -3.79. The molecule has 40 heavy (non-hydrogen) atoms. The number of ether oxygens (including phenoxy) is 3. The Labute approximate surface area is 237 Å². The second kappa shape index (κ2) is 18.5. The minimum absolute atomic E-state index is 0.226. The molecule has 10 nitrogen and oxygen atoms in total. The Balaban J connectivity index is 1.67. The van der Waals surface area contributed by atoms with Crippen molar-refractivity contribution < 1.29 is 28.6 Å². The fourth-order valence-corrected chi connectivity index (χ4v) is 3.68. The van der Waals surface area contributed by atoms with Gasteiger partial charge in [0, 0.05) is 19.6 Å². The Bertz CT molecular complexity index is 935. The van der Waals surface area contributed by atoms with Gasteiger partial charge in [0.1, 0.15) is 18.8 Å². The van der Waals surface area contributed by atoms with Gasteiger partial charge >= 0.3 is 18.3 Å². The summed E-state index contributed by atoms with van der Waals surface area (Å²) in [5, 5.41) is 8.35. The van der Waals surface area contributed by atoms with Gasteiger partial charge in [-0.2, -0.15) is 0 Å². The number of hydrogen-bond donors (Lipinski definition) is 3. The highest BCUT2D eigenvalue weighted by Crippen LogP contribution is 2.06. The first-order valence-corrected chi connectivity index (χ1v) is 13.8. The third-order valence-electron chi connectivity index (χ3n) is 5.59. The minimum Gasteiger partial charge on any atom is -0.445 e. The Morgan fingerprint density at radius 3 is 1.38 bits per heavy atom. The molecular weight excluding hydrogens is 512 g/mol. The maximum atomic E-state index is 12.0. The van der Waals surface area contributed by atoms with Crippen LogP contribution < -0.4 is 16.0 Å². The van der Waals surface area contributed by atoms with E-state index in [4.69, 9.17) is 14.2 Å². The van der Waals surface area contributed by atoms with Crippen molar-refractivity contribution >= 4 is 18.3 Å². The summed E-state index contributed by atoms with van der Waals surface area (Å²) in [6.45, 7) is 9.59. The van der Waals surface area contributed by atoms with E-state index in [-0.39, 0.29) is 13.2 Å². The molecule has 0 aromatic heterocycles. The van der Waals surface area contributed by atoms with E-state index in [0.717, 1.165) is 50.0 Å². The lowest BCUT2D eigenvalue weighted by Gasteiger charge is -2.23. The number of alkyl carbamates (subject to hydrolysis) is 3. The molecule has 0 aliphatic carbocycles. The third kappa shape index (κ3) is 16.2. The van der Waals surface area contributed by atoms with Crippen LogP contribution in [0.2, 0.25) is 0 Å². The molecule has 0 heterocycles. The van der Waals surface area contributed by atoms with Crippen molar-refractivity contribution in [3.63, 3.8) is 0 Å². The zero-order valence-electron chi connectivity index (χ0n) is 23.9. The van der Waals surface area contributed by atoms with Gasteiger partial charge in [-0.15, -0.1) is 0 Å². The molecule has 2 aromatic rings. The fraction of sp³-hybridized carbons (Fsp3) is 0.500. The number of benzene rings is 2. The van der Waals surface area contributed by atoms with Gasteiger partial charge in [-0.05, 0) is 70.8 Å². The Kier molecular flexibility index (Phi) is 15.0. The van der Waals surface area contributed by atoms with Crippen LogP contribution in [0.1, 0.15) is 51.2 Å². The fourth-order valence-electron chi connectivity index (χ4n) is 3.68. The van der Waals surface area contributed by atoms with Gasteiger partial charge in [0.05, 0.1) is 0 Å². The normalized spacial score (nSPS) is 11.0. The maximum absolute atomic E-state index is 12.0.